The van der Waals surface area contributed by atoms with Crippen molar-refractivity contribution in [3.05, 3.63) is 0 Å². The maximum absolute atomic E-state index is 12.0. The van der Waals surface area contributed by atoms with E-state index in [1.165, 1.54) is 12.8 Å². The highest BCUT2D eigenvalue weighted by Crippen LogP contribution is 2.36. The molecule has 0 aromatic rings. The van der Waals surface area contributed by atoms with E-state index in [-0.39, 0.29) is 36.8 Å². The first-order valence-electron chi connectivity index (χ1n) is 11.0. The first kappa shape index (κ1) is 24.8. The number of nitrogens with zero attached hydrogens (tertiary/aromatic N) is 2. The van der Waals surface area contributed by atoms with Gasteiger partial charge in [0.15, 0.2) is 6.35 Å². The van der Waals surface area contributed by atoms with Crippen LogP contribution in [0.4, 0.5) is 0 Å². The molecule has 3 rings (SSSR count). The van der Waals surface area contributed by atoms with Crippen molar-refractivity contribution in [3.8, 4) is 0 Å². The van der Waals surface area contributed by atoms with Gasteiger partial charge in [-0.1, -0.05) is 0 Å². The lowest BCUT2D eigenvalue weighted by molar-refractivity contribution is -0.259. The van der Waals surface area contributed by atoms with Gasteiger partial charge in [-0.3, -0.25) is 9.69 Å². The number of esters is 1. The molecule has 29 heavy (non-hydrogen) atoms. The molecule has 0 amide bonds. The van der Waals surface area contributed by atoms with E-state index in [0.29, 0.717) is 13.2 Å². The summed E-state index contributed by atoms with van der Waals surface area (Å²) in [7, 11) is 3.52. The van der Waals surface area contributed by atoms with Crippen molar-refractivity contribution >= 4 is 18.4 Å². The predicted octanol–water partition coefficient (Wildman–Crippen LogP) is 3.01. The van der Waals surface area contributed by atoms with Crippen LogP contribution < -0.4 is 0 Å². The van der Waals surface area contributed by atoms with Crippen LogP contribution in [-0.2, 0) is 23.7 Å². The van der Waals surface area contributed by atoms with Crippen LogP contribution in [0.25, 0.3) is 0 Å². The molecule has 3 aliphatic rings. The van der Waals surface area contributed by atoms with Crippen molar-refractivity contribution < 1.29 is 23.7 Å². The Morgan fingerprint density at radius 2 is 1.76 bits per heavy atom. The zero-order valence-corrected chi connectivity index (χ0v) is 19.1. The number of methoxy groups -OCH3 is 2. The van der Waals surface area contributed by atoms with Crippen molar-refractivity contribution in [2.75, 3.05) is 47.1 Å². The smallest absolute Gasteiger partial charge is 0.308 e. The highest BCUT2D eigenvalue weighted by atomic mass is 35.5. The lowest BCUT2D eigenvalue weighted by atomic mass is 9.87. The summed E-state index contributed by atoms with van der Waals surface area (Å²) in [5, 5.41) is 0. The van der Waals surface area contributed by atoms with Gasteiger partial charge in [0.25, 0.3) is 0 Å². The lowest BCUT2D eigenvalue weighted by Gasteiger charge is -2.46. The summed E-state index contributed by atoms with van der Waals surface area (Å²) < 4.78 is 23.4. The van der Waals surface area contributed by atoms with Crippen LogP contribution in [0.2, 0.25) is 0 Å². The molecule has 7 nitrogen and oxygen atoms in total. The Balaban J connectivity index is 0.00000300. The average Bonchev–Trinajstić information content (AvgIpc) is 3.38. The fourth-order valence-corrected chi connectivity index (χ4v) is 5.03. The Morgan fingerprint density at radius 3 is 2.34 bits per heavy atom. The molecule has 2 saturated heterocycles. The van der Waals surface area contributed by atoms with Gasteiger partial charge in [0, 0.05) is 33.9 Å². The number of likely N-dealkylation sites (tertiary alicyclic amines) is 2. The van der Waals surface area contributed by atoms with Gasteiger partial charge in [0.05, 0.1) is 25.2 Å². The average molecular weight is 435 g/mol. The first-order valence-corrected chi connectivity index (χ1v) is 11.0. The molecule has 1 aliphatic carbocycles. The third-order valence-electron chi connectivity index (χ3n) is 6.57. The SMILES string of the molecule is CCOC(=O)C1CCC(OC(N2CCCC2)N2CCC[C@]2(COC)OC)CC1.Cl. The molecule has 0 N–H and O–H groups in total. The van der Waals surface area contributed by atoms with Crippen molar-refractivity contribution in [1.82, 2.24) is 9.80 Å². The van der Waals surface area contributed by atoms with Crippen LogP contribution in [0.1, 0.15) is 58.3 Å². The van der Waals surface area contributed by atoms with E-state index in [4.69, 9.17) is 18.9 Å². The van der Waals surface area contributed by atoms with E-state index in [9.17, 15) is 4.79 Å². The highest BCUT2D eigenvalue weighted by molar-refractivity contribution is 5.85. The zero-order chi connectivity index (χ0) is 20.0. The molecule has 170 valence electrons. The molecule has 0 bridgehead atoms. The lowest BCUT2D eigenvalue weighted by Crippen LogP contribution is -2.60. The summed E-state index contributed by atoms with van der Waals surface area (Å²) >= 11 is 0. The molecular formula is C21H39ClN2O5. The molecule has 2 atom stereocenters. The van der Waals surface area contributed by atoms with E-state index in [2.05, 4.69) is 9.80 Å². The molecule has 0 spiro atoms. The number of carbonyl (C=O) groups excluding carboxylic acids is 1. The van der Waals surface area contributed by atoms with Gasteiger partial charge in [0.2, 0.25) is 0 Å². The van der Waals surface area contributed by atoms with Gasteiger partial charge in [-0.2, -0.15) is 0 Å². The van der Waals surface area contributed by atoms with Gasteiger partial charge < -0.3 is 18.9 Å². The maximum Gasteiger partial charge on any atom is 0.308 e. The molecular weight excluding hydrogens is 396 g/mol. The van der Waals surface area contributed by atoms with Crippen LogP contribution in [0, 0.1) is 5.92 Å². The Kier molecular flexibility index (Phi) is 10.1. The molecule has 2 aliphatic heterocycles. The second kappa shape index (κ2) is 11.8. The van der Waals surface area contributed by atoms with Crippen molar-refractivity contribution in [2.45, 2.75) is 76.5 Å². The topological polar surface area (TPSA) is 60.5 Å². The molecule has 1 saturated carbocycles. The van der Waals surface area contributed by atoms with Crippen molar-refractivity contribution in [2.24, 2.45) is 5.92 Å². The predicted molar refractivity (Wildman–Crippen MR) is 113 cm³/mol. The van der Waals surface area contributed by atoms with Gasteiger partial charge in [-0.25, -0.2) is 4.90 Å². The number of hydrogen-bond acceptors (Lipinski definition) is 7. The Morgan fingerprint density at radius 1 is 1.07 bits per heavy atom. The third-order valence-corrected chi connectivity index (χ3v) is 6.57. The second-order valence-corrected chi connectivity index (χ2v) is 8.31. The van der Waals surface area contributed by atoms with E-state index in [0.717, 1.165) is 58.2 Å². The van der Waals surface area contributed by atoms with Crippen LogP contribution in [-0.4, -0.2) is 81.0 Å². The maximum atomic E-state index is 12.0. The minimum absolute atomic E-state index is 0. The number of hydrogen-bond donors (Lipinski definition) is 0. The zero-order valence-electron chi connectivity index (χ0n) is 18.3. The first-order chi connectivity index (χ1) is 13.6. The molecule has 3 fully saturated rings. The van der Waals surface area contributed by atoms with Crippen molar-refractivity contribution in [1.29, 1.82) is 0 Å². The number of carbonyl (C=O) groups is 1. The van der Waals surface area contributed by atoms with Crippen LogP contribution in [0.5, 0.6) is 0 Å². The fraction of sp³-hybridized carbons (Fsp3) is 0.952. The van der Waals surface area contributed by atoms with Gasteiger partial charge in [-0.15, -0.1) is 12.4 Å². The number of rotatable bonds is 9. The molecule has 0 aromatic heterocycles. The molecule has 8 heteroatoms. The summed E-state index contributed by atoms with van der Waals surface area (Å²) in [6.07, 6.45) is 8.09. The van der Waals surface area contributed by atoms with Gasteiger partial charge >= 0.3 is 5.97 Å². The summed E-state index contributed by atoms with van der Waals surface area (Å²) in [5.74, 6) is -0.0153. The minimum atomic E-state index is -0.413. The molecule has 1 unspecified atom stereocenters. The molecule has 0 radical (unpaired) electrons. The van der Waals surface area contributed by atoms with Crippen LogP contribution >= 0.6 is 12.4 Å². The van der Waals surface area contributed by atoms with Gasteiger partial charge in [-0.05, 0) is 58.3 Å². The molecule has 2 heterocycles. The second-order valence-electron chi connectivity index (χ2n) is 8.31. The van der Waals surface area contributed by atoms with Crippen molar-refractivity contribution in [3.63, 3.8) is 0 Å². The summed E-state index contributed by atoms with van der Waals surface area (Å²) in [5.41, 5.74) is -0.413. The Hall–Kier alpha value is -0.440. The van der Waals surface area contributed by atoms with E-state index in [1.54, 1.807) is 14.2 Å². The van der Waals surface area contributed by atoms with E-state index >= 15 is 0 Å². The van der Waals surface area contributed by atoms with E-state index < -0.39 is 5.72 Å². The van der Waals surface area contributed by atoms with E-state index in [1.807, 2.05) is 6.92 Å². The minimum Gasteiger partial charge on any atom is -0.466 e. The number of ether oxygens (including phenoxy) is 4. The van der Waals surface area contributed by atoms with Crippen LogP contribution in [0.15, 0.2) is 0 Å². The Bertz CT molecular complexity index is 497. The van der Waals surface area contributed by atoms with Gasteiger partial charge in [0.1, 0.15) is 5.72 Å². The Labute approximate surface area is 181 Å². The monoisotopic (exact) mass is 434 g/mol. The highest BCUT2D eigenvalue weighted by Gasteiger charge is 2.48. The summed E-state index contributed by atoms with van der Waals surface area (Å²) in [6, 6.07) is 0. The quantitative estimate of drug-likeness (QED) is 0.517. The third kappa shape index (κ3) is 5.83. The standard InChI is InChI=1S/C21H38N2O5.ClH/c1-4-27-19(24)17-8-10-18(11-9-17)28-20(22-13-5-6-14-22)23-15-7-12-21(23,26-3)16-25-2;/h17-18,20H,4-16H2,1-3H3;1H/t17?,18?,20?,21-;/m1./s1. The number of halogens is 1. The molecule has 0 aromatic carbocycles. The fourth-order valence-electron chi connectivity index (χ4n) is 5.03. The largest absolute Gasteiger partial charge is 0.466 e. The normalized spacial score (nSPS) is 32.1. The van der Waals surface area contributed by atoms with Crippen LogP contribution in [0.3, 0.4) is 0 Å². The summed E-state index contributed by atoms with van der Waals surface area (Å²) in [4.78, 5) is 16.9. The summed E-state index contributed by atoms with van der Waals surface area (Å²) in [6.45, 7) is 5.95.